The molecule has 0 saturated heterocycles. The number of benzene rings is 2. The summed E-state index contributed by atoms with van der Waals surface area (Å²) in [4.78, 5) is 10.2. The zero-order valence-corrected chi connectivity index (χ0v) is 23.8. The standard InChI is InChI=1S/C32H34N2.Pt/c1-21-13-9-11-15-25(21)27-17-23(31(3,4)5)19-29(33-27)30-20-24(32(6,7)8)18-28(34-30)26-16-12-10-14-22(26)2;/h9-20H,1-2H2,3-8H3;/q-2;+2. The first-order valence-corrected chi connectivity index (χ1v) is 11.8. The zero-order chi connectivity index (χ0) is 24.7. The maximum atomic E-state index is 5.11. The Hall–Kier alpha value is -2.83. The van der Waals surface area contributed by atoms with Gasteiger partial charge in [0.15, 0.2) is 0 Å². The van der Waals surface area contributed by atoms with Gasteiger partial charge in [-0.15, -0.1) is 35.4 Å². The molecule has 0 fully saturated rings. The Bertz CT molecular complexity index is 1240. The van der Waals surface area contributed by atoms with Crippen molar-refractivity contribution < 1.29 is 21.1 Å². The minimum atomic E-state index is -0.0348. The van der Waals surface area contributed by atoms with Gasteiger partial charge in [0, 0.05) is 11.4 Å². The normalized spacial score (nSPS) is 11.7. The van der Waals surface area contributed by atoms with Crippen LogP contribution in [0.1, 0.15) is 63.8 Å². The van der Waals surface area contributed by atoms with Gasteiger partial charge < -0.3 is 0 Å². The summed E-state index contributed by atoms with van der Waals surface area (Å²) in [5.74, 6) is 0. The average molecular weight is 642 g/mol. The van der Waals surface area contributed by atoms with E-state index >= 15 is 0 Å². The third kappa shape index (κ3) is 5.88. The molecule has 35 heavy (non-hydrogen) atoms. The summed E-state index contributed by atoms with van der Waals surface area (Å²) in [5.41, 5.74) is 10.0. The summed E-state index contributed by atoms with van der Waals surface area (Å²) >= 11 is 0. The minimum absolute atomic E-state index is 0. The van der Waals surface area contributed by atoms with E-state index in [9.17, 15) is 0 Å². The fourth-order valence-electron chi connectivity index (χ4n) is 4.01. The Morgan fingerprint density at radius 3 is 1.14 bits per heavy atom. The summed E-state index contributed by atoms with van der Waals surface area (Å²) in [5, 5.41) is 0. The van der Waals surface area contributed by atoms with Gasteiger partial charge in [-0.05, 0) is 46.2 Å². The molecule has 3 heteroatoms. The Balaban J connectivity index is 0.00000342. The van der Waals surface area contributed by atoms with Crippen LogP contribution in [0.5, 0.6) is 0 Å². The molecule has 2 heterocycles. The first-order valence-electron chi connectivity index (χ1n) is 11.8. The molecule has 0 saturated carbocycles. The molecule has 2 aromatic heterocycles. The smallest absolute Gasteiger partial charge is 0.259 e. The van der Waals surface area contributed by atoms with Gasteiger partial charge >= 0.3 is 21.1 Å². The van der Waals surface area contributed by atoms with E-state index in [1.165, 1.54) is 11.1 Å². The van der Waals surface area contributed by atoms with Crippen molar-refractivity contribution in [3.63, 3.8) is 0 Å². The summed E-state index contributed by atoms with van der Waals surface area (Å²) in [7, 11) is 0. The van der Waals surface area contributed by atoms with E-state index in [0.717, 1.165) is 45.0 Å². The van der Waals surface area contributed by atoms with E-state index in [1.807, 2.05) is 36.4 Å². The molecule has 0 bridgehead atoms. The Kier molecular flexibility index (Phi) is 7.67. The number of hydrogen-bond acceptors (Lipinski definition) is 2. The van der Waals surface area contributed by atoms with Crippen LogP contribution in [0.4, 0.5) is 0 Å². The molecule has 0 atom stereocenters. The van der Waals surface area contributed by atoms with Crippen LogP contribution in [-0.2, 0) is 31.9 Å². The van der Waals surface area contributed by atoms with Crippen LogP contribution in [0.3, 0.4) is 0 Å². The molecule has 0 aliphatic heterocycles. The first kappa shape index (κ1) is 26.8. The fraction of sp³-hybridized carbons (Fsp3) is 0.250. The van der Waals surface area contributed by atoms with Gasteiger partial charge in [0.05, 0.1) is 11.4 Å². The third-order valence-corrected chi connectivity index (χ3v) is 6.23. The maximum absolute atomic E-state index is 5.11. The van der Waals surface area contributed by atoms with Crippen molar-refractivity contribution in [1.29, 1.82) is 0 Å². The second kappa shape index (κ2) is 10.0. The van der Waals surface area contributed by atoms with Gasteiger partial charge in [-0.25, -0.2) is 0 Å². The summed E-state index contributed by atoms with van der Waals surface area (Å²) in [6, 6.07) is 25.1. The molecular weight excluding hydrogens is 607 g/mol. The van der Waals surface area contributed by atoms with E-state index in [4.69, 9.17) is 9.97 Å². The SMILES string of the molecule is [CH2-]c1ccccc1-c1cc(C(C)(C)C)cc(-c2cc(C(C)(C)C)cc(-c3ccccc3[CH2-])n2)n1.[Pt+2]. The van der Waals surface area contributed by atoms with Gasteiger partial charge in [-0.3, -0.25) is 9.97 Å². The molecule has 0 radical (unpaired) electrons. The van der Waals surface area contributed by atoms with Gasteiger partial charge in [-0.1, -0.05) is 53.7 Å². The number of hydrogen-bond donors (Lipinski definition) is 0. The van der Waals surface area contributed by atoms with E-state index in [1.54, 1.807) is 0 Å². The van der Waals surface area contributed by atoms with Crippen molar-refractivity contribution >= 4 is 0 Å². The maximum Gasteiger partial charge on any atom is 2.00 e. The second-order valence-electron chi connectivity index (χ2n) is 11.1. The van der Waals surface area contributed by atoms with Gasteiger partial charge in [0.1, 0.15) is 0 Å². The Morgan fingerprint density at radius 1 is 0.514 bits per heavy atom. The molecule has 4 aromatic rings. The summed E-state index contributed by atoms with van der Waals surface area (Å²) in [6.07, 6.45) is 0. The molecule has 0 N–H and O–H groups in total. The van der Waals surface area contributed by atoms with Crippen molar-refractivity contribution in [3.8, 4) is 33.9 Å². The fourth-order valence-corrected chi connectivity index (χ4v) is 4.01. The topological polar surface area (TPSA) is 25.8 Å². The van der Waals surface area contributed by atoms with Crippen LogP contribution in [-0.4, -0.2) is 9.97 Å². The minimum Gasteiger partial charge on any atom is -0.259 e. The Morgan fingerprint density at radius 2 is 0.829 bits per heavy atom. The van der Waals surface area contributed by atoms with Crippen molar-refractivity contribution in [2.75, 3.05) is 0 Å². The molecule has 2 nitrogen and oxygen atoms in total. The van der Waals surface area contributed by atoms with Crippen LogP contribution in [0.2, 0.25) is 0 Å². The van der Waals surface area contributed by atoms with Crippen LogP contribution in [0, 0.1) is 13.8 Å². The van der Waals surface area contributed by atoms with Crippen LogP contribution in [0.25, 0.3) is 33.9 Å². The molecule has 4 rings (SSSR count). The monoisotopic (exact) mass is 641 g/mol. The van der Waals surface area contributed by atoms with Crippen molar-refractivity contribution in [2.24, 2.45) is 0 Å². The predicted molar refractivity (Wildman–Crippen MR) is 145 cm³/mol. The van der Waals surface area contributed by atoms with E-state index in [-0.39, 0.29) is 31.9 Å². The van der Waals surface area contributed by atoms with Crippen molar-refractivity contribution in [1.82, 2.24) is 9.97 Å². The van der Waals surface area contributed by atoms with Gasteiger partial charge in [0.2, 0.25) is 0 Å². The van der Waals surface area contributed by atoms with E-state index in [2.05, 4.69) is 91.8 Å². The van der Waals surface area contributed by atoms with E-state index < -0.39 is 0 Å². The van der Waals surface area contributed by atoms with Crippen LogP contribution < -0.4 is 0 Å². The molecule has 182 valence electrons. The van der Waals surface area contributed by atoms with Gasteiger partial charge in [-0.2, -0.15) is 37.1 Å². The largest absolute Gasteiger partial charge is 2.00 e. The average Bonchev–Trinajstić information content (AvgIpc) is 2.78. The molecule has 0 spiro atoms. The molecule has 0 unspecified atom stereocenters. The molecular formula is C32H34N2Pt. The van der Waals surface area contributed by atoms with Crippen molar-refractivity contribution in [2.45, 2.75) is 52.4 Å². The molecule has 0 amide bonds. The zero-order valence-electron chi connectivity index (χ0n) is 21.6. The third-order valence-electron chi connectivity index (χ3n) is 6.23. The summed E-state index contributed by atoms with van der Waals surface area (Å²) in [6.45, 7) is 21.9. The first-order chi connectivity index (χ1) is 15.9. The Labute approximate surface area is 225 Å². The molecule has 0 aliphatic carbocycles. The second-order valence-corrected chi connectivity index (χ2v) is 11.1. The number of pyridine rings is 2. The predicted octanol–water partition coefficient (Wildman–Crippen LogP) is 8.43. The molecule has 0 aliphatic rings. The summed E-state index contributed by atoms with van der Waals surface area (Å²) < 4.78 is 0. The number of nitrogens with zero attached hydrogens (tertiary/aromatic N) is 2. The van der Waals surface area contributed by atoms with Gasteiger partial charge in [0.25, 0.3) is 0 Å². The van der Waals surface area contributed by atoms with E-state index in [0.29, 0.717) is 0 Å². The van der Waals surface area contributed by atoms with Crippen molar-refractivity contribution in [3.05, 3.63) is 109 Å². The molecule has 2 aromatic carbocycles. The quantitative estimate of drug-likeness (QED) is 0.210. The number of rotatable bonds is 3. The number of aromatic nitrogens is 2. The van der Waals surface area contributed by atoms with Crippen LogP contribution >= 0.6 is 0 Å². The van der Waals surface area contributed by atoms with Crippen LogP contribution in [0.15, 0.2) is 72.8 Å².